The van der Waals surface area contributed by atoms with Crippen LogP contribution in [0, 0.1) is 11.8 Å². The third-order valence-corrected chi connectivity index (χ3v) is 8.33. The summed E-state index contributed by atoms with van der Waals surface area (Å²) in [5, 5.41) is 0.617. The summed E-state index contributed by atoms with van der Waals surface area (Å²) in [5.41, 5.74) is 2.56. The maximum atomic E-state index is 14.1. The fraction of sp³-hybridized carbons (Fsp3) is 0.179. The first-order chi connectivity index (χ1) is 17.8. The standard InChI is InChI=1S/C28H19BrCl2N2O4/c1-37-21-7-6-15(10-20(21)29)26(34)25-23-22(24-19-5-3-2-4-14(19)8-9-32(24)25)27(35)33(28(23)36)18-12-16(30)11-17(31)13-18/h2-13,22-25H,1H3/t22-,23-,24+,25+/m0/s1. The number of halogens is 3. The molecule has 2 amide bonds. The van der Waals surface area contributed by atoms with Crippen molar-refractivity contribution in [3.8, 4) is 5.75 Å². The smallest absolute Gasteiger partial charge is 0.240 e. The van der Waals surface area contributed by atoms with E-state index in [1.54, 1.807) is 25.3 Å². The lowest BCUT2D eigenvalue weighted by Crippen LogP contribution is -2.44. The van der Waals surface area contributed by atoms with Crippen LogP contribution in [0.4, 0.5) is 5.69 Å². The van der Waals surface area contributed by atoms with Crippen LogP contribution in [-0.4, -0.2) is 35.6 Å². The average Bonchev–Trinajstić information content (AvgIpc) is 3.35. The Hall–Kier alpha value is -3.13. The number of hydrogen-bond acceptors (Lipinski definition) is 5. The van der Waals surface area contributed by atoms with Gasteiger partial charge in [0.2, 0.25) is 11.8 Å². The minimum Gasteiger partial charge on any atom is -0.496 e. The minimum absolute atomic E-state index is 0.253. The molecule has 0 saturated carbocycles. The maximum Gasteiger partial charge on any atom is 0.240 e. The van der Waals surface area contributed by atoms with Crippen LogP contribution in [0.2, 0.25) is 10.0 Å². The molecular weight excluding hydrogens is 579 g/mol. The minimum atomic E-state index is -0.889. The number of anilines is 1. The van der Waals surface area contributed by atoms with Gasteiger partial charge in [-0.05, 0) is 69.5 Å². The number of carbonyl (C=O) groups excluding carboxylic acids is 3. The summed E-state index contributed by atoms with van der Waals surface area (Å²) < 4.78 is 5.93. The van der Waals surface area contributed by atoms with Crippen molar-refractivity contribution in [3.05, 3.63) is 98.1 Å². The van der Waals surface area contributed by atoms with Gasteiger partial charge >= 0.3 is 0 Å². The quantitative estimate of drug-likeness (QED) is 0.266. The van der Waals surface area contributed by atoms with E-state index in [0.717, 1.165) is 16.0 Å². The first kappa shape index (κ1) is 24.2. The number of imide groups is 1. The van der Waals surface area contributed by atoms with Crippen molar-refractivity contribution in [3.63, 3.8) is 0 Å². The highest BCUT2D eigenvalue weighted by molar-refractivity contribution is 9.10. The largest absolute Gasteiger partial charge is 0.496 e. The second-order valence-electron chi connectivity index (χ2n) is 9.19. The molecule has 2 saturated heterocycles. The molecule has 9 heteroatoms. The van der Waals surface area contributed by atoms with Crippen molar-refractivity contribution in [1.82, 2.24) is 4.90 Å². The summed E-state index contributed by atoms with van der Waals surface area (Å²) in [4.78, 5) is 45.0. The monoisotopic (exact) mass is 596 g/mol. The lowest BCUT2D eigenvalue weighted by atomic mass is 9.83. The van der Waals surface area contributed by atoms with Gasteiger partial charge in [-0.3, -0.25) is 14.4 Å². The van der Waals surface area contributed by atoms with Crippen molar-refractivity contribution in [2.75, 3.05) is 12.0 Å². The van der Waals surface area contributed by atoms with Crippen LogP contribution in [0.15, 0.2) is 71.3 Å². The van der Waals surface area contributed by atoms with Crippen LogP contribution in [0.1, 0.15) is 27.5 Å². The van der Waals surface area contributed by atoms with Crippen molar-refractivity contribution in [2.24, 2.45) is 11.8 Å². The van der Waals surface area contributed by atoms with Crippen molar-refractivity contribution < 1.29 is 19.1 Å². The van der Waals surface area contributed by atoms with Gasteiger partial charge in [0, 0.05) is 21.8 Å². The van der Waals surface area contributed by atoms with Gasteiger partial charge in [-0.1, -0.05) is 47.5 Å². The second-order valence-corrected chi connectivity index (χ2v) is 10.9. The van der Waals surface area contributed by atoms with E-state index >= 15 is 0 Å². The van der Waals surface area contributed by atoms with E-state index < -0.39 is 29.8 Å². The number of Topliss-reactive ketones (excluding diaryl/α,β-unsaturated/α-hetero) is 1. The van der Waals surface area contributed by atoms with E-state index in [-0.39, 0.29) is 11.7 Å². The van der Waals surface area contributed by atoms with Gasteiger partial charge in [0.15, 0.2) is 5.78 Å². The Balaban J connectivity index is 1.49. The molecule has 0 N–H and O–H groups in total. The molecule has 37 heavy (non-hydrogen) atoms. The molecule has 6 nitrogen and oxygen atoms in total. The Kier molecular flexibility index (Phi) is 5.90. The number of hydrogen-bond donors (Lipinski definition) is 0. The van der Waals surface area contributed by atoms with E-state index in [9.17, 15) is 14.4 Å². The Morgan fingerprint density at radius 1 is 0.946 bits per heavy atom. The number of benzene rings is 3. The third-order valence-electron chi connectivity index (χ3n) is 7.27. The number of rotatable bonds is 4. The molecule has 3 aliphatic rings. The lowest BCUT2D eigenvalue weighted by Gasteiger charge is -2.35. The first-order valence-electron chi connectivity index (χ1n) is 11.6. The number of ether oxygens (including phenoxy) is 1. The molecule has 3 aromatic carbocycles. The zero-order valence-electron chi connectivity index (χ0n) is 19.4. The molecule has 186 valence electrons. The maximum absolute atomic E-state index is 14.1. The number of methoxy groups -OCH3 is 1. The van der Waals surface area contributed by atoms with Crippen molar-refractivity contribution in [2.45, 2.75) is 12.1 Å². The van der Waals surface area contributed by atoms with Gasteiger partial charge in [0.25, 0.3) is 0 Å². The second kappa shape index (κ2) is 9.01. The summed E-state index contributed by atoms with van der Waals surface area (Å²) in [6.07, 6.45) is 3.74. The predicted molar refractivity (Wildman–Crippen MR) is 145 cm³/mol. The third kappa shape index (κ3) is 3.71. The Morgan fingerprint density at radius 2 is 1.65 bits per heavy atom. The SMILES string of the molecule is COc1ccc(C(=O)[C@H]2[C@H]3C(=O)N(c4cc(Cl)cc(Cl)c4)C(=O)[C@@H]3[C@H]3c4ccccc4C=CN32)cc1Br. The molecule has 0 radical (unpaired) electrons. The number of fused-ring (bicyclic) bond motifs is 5. The molecular formula is C28H19BrCl2N2O4. The predicted octanol–water partition coefficient (Wildman–Crippen LogP) is 6.16. The van der Waals surface area contributed by atoms with E-state index in [2.05, 4.69) is 15.9 Å². The van der Waals surface area contributed by atoms with Crippen LogP contribution in [-0.2, 0) is 9.59 Å². The molecule has 3 heterocycles. The molecule has 0 aliphatic carbocycles. The molecule has 0 aromatic heterocycles. The Labute approximate surface area is 231 Å². The highest BCUT2D eigenvalue weighted by Crippen LogP contribution is 2.54. The van der Waals surface area contributed by atoms with Crippen LogP contribution in [0.25, 0.3) is 6.08 Å². The highest BCUT2D eigenvalue weighted by atomic mass is 79.9. The lowest BCUT2D eigenvalue weighted by molar-refractivity contribution is -0.123. The highest BCUT2D eigenvalue weighted by Gasteiger charge is 2.64. The molecule has 6 rings (SSSR count). The summed E-state index contributed by atoms with van der Waals surface area (Å²) in [6, 6.07) is 16.0. The van der Waals surface area contributed by atoms with Crippen molar-refractivity contribution in [1.29, 1.82) is 0 Å². The summed E-state index contributed by atoms with van der Waals surface area (Å²) >= 11 is 15.8. The fourth-order valence-electron chi connectivity index (χ4n) is 5.77. The topological polar surface area (TPSA) is 66.9 Å². The summed E-state index contributed by atoms with van der Waals surface area (Å²) in [7, 11) is 1.54. The Bertz CT molecular complexity index is 1500. The van der Waals surface area contributed by atoms with Gasteiger partial charge in [0.1, 0.15) is 11.8 Å². The number of nitrogens with zero attached hydrogens (tertiary/aromatic N) is 2. The summed E-state index contributed by atoms with van der Waals surface area (Å²) in [5.74, 6) is -2.13. The van der Waals surface area contributed by atoms with Crippen LogP contribution < -0.4 is 9.64 Å². The molecule has 3 aromatic rings. The molecule has 0 bridgehead atoms. The number of carbonyl (C=O) groups is 3. The van der Waals surface area contributed by atoms with E-state index in [0.29, 0.717) is 31.5 Å². The number of amides is 2. The zero-order valence-corrected chi connectivity index (χ0v) is 22.5. The van der Waals surface area contributed by atoms with Gasteiger partial charge in [-0.2, -0.15) is 0 Å². The molecule has 3 aliphatic heterocycles. The van der Waals surface area contributed by atoms with Crippen LogP contribution in [0.5, 0.6) is 5.75 Å². The van der Waals surface area contributed by atoms with Gasteiger partial charge in [-0.15, -0.1) is 0 Å². The van der Waals surface area contributed by atoms with Gasteiger partial charge in [-0.25, -0.2) is 4.90 Å². The fourth-order valence-corrected chi connectivity index (χ4v) is 6.83. The Morgan fingerprint density at radius 3 is 2.35 bits per heavy atom. The van der Waals surface area contributed by atoms with Crippen molar-refractivity contribution >= 4 is 68.5 Å². The molecule has 2 fully saturated rings. The molecule has 4 atom stereocenters. The summed E-state index contributed by atoms with van der Waals surface area (Å²) in [6.45, 7) is 0. The van der Waals surface area contributed by atoms with E-state index in [1.807, 2.05) is 41.4 Å². The molecule has 0 unspecified atom stereocenters. The van der Waals surface area contributed by atoms with Crippen LogP contribution in [0.3, 0.4) is 0 Å². The van der Waals surface area contributed by atoms with E-state index in [4.69, 9.17) is 27.9 Å². The average molecular weight is 598 g/mol. The van der Waals surface area contributed by atoms with Gasteiger partial charge < -0.3 is 9.64 Å². The normalized spacial score (nSPS) is 23.7. The van der Waals surface area contributed by atoms with Gasteiger partial charge in [0.05, 0.1) is 35.1 Å². The first-order valence-corrected chi connectivity index (χ1v) is 13.1. The van der Waals surface area contributed by atoms with E-state index in [1.165, 1.54) is 18.2 Å². The number of ketones is 1. The van der Waals surface area contributed by atoms with Crippen LogP contribution >= 0.6 is 39.1 Å². The molecule has 0 spiro atoms. The zero-order chi connectivity index (χ0) is 26.0.